The van der Waals surface area contributed by atoms with Crippen LogP contribution in [0.2, 0.25) is 0 Å². The maximum absolute atomic E-state index is 4.17. The predicted molar refractivity (Wildman–Crippen MR) is 61.3 cm³/mol. The van der Waals surface area contributed by atoms with Gasteiger partial charge >= 0.3 is 0 Å². The summed E-state index contributed by atoms with van der Waals surface area (Å²) in [5, 5.41) is 0. The molecule has 0 heteroatoms. The molecule has 1 aliphatic carbocycles. The second-order valence-corrected chi connectivity index (χ2v) is 4.14. The molecule has 0 aromatic heterocycles. The van der Waals surface area contributed by atoms with Gasteiger partial charge in [0.15, 0.2) is 0 Å². The van der Waals surface area contributed by atoms with Gasteiger partial charge in [-0.05, 0) is 25.8 Å². The standard InChI is InChI=1S/C14H16/c1-10-9-11(2)14(12(10)3)13-7-5-4-6-8-13/h4-8,14H,2,9H2,1,3H3. The summed E-state index contributed by atoms with van der Waals surface area (Å²) >= 11 is 0. The molecular formula is C14H16. The van der Waals surface area contributed by atoms with Crippen LogP contribution in [0.3, 0.4) is 0 Å². The molecule has 0 saturated carbocycles. The van der Waals surface area contributed by atoms with Crippen molar-refractivity contribution in [3.63, 3.8) is 0 Å². The Labute approximate surface area is 86.0 Å². The van der Waals surface area contributed by atoms with E-state index in [0.717, 1.165) is 6.42 Å². The van der Waals surface area contributed by atoms with Gasteiger partial charge < -0.3 is 0 Å². The Kier molecular flexibility index (Phi) is 2.28. The Morgan fingerprint density at radius 2 is 1.79 bits per heavy atom. The van der Waals surface area contributed by atoms with Crippen molar-refractivity contribution >= 4 is 0 Å². The van der Waals surface area contributed by atoms with E-state index in [-0.39, 0.29) is 0 Å². The van der Waals surface area contributed by atoms with Crippen LogP contribution in [0.25, 0.3) is 0 Å². The van der Waals surface area contributed by atoms with Crippen molar-refractivity contribution in [2.45, 2.75) is 26.2 Å². The van der Waals surface area contributed by atoms with E-state index < -0.39 is 0 Å². The first-order valence-corrected chi connectivity index (χ1v) is 5.09. The van der Waals surface area contributed by atoms with Crippen LogP contribution in [-0.2, 0) is 0 Å². The first-order chi connectivity index (χ1) is 6.70. The lowest BCUT2D eigenvalue weighted by atomic mass is 9.90. The number of allylic oxidation sites excluding steroid dienone is 3. The Hall–Kier alpha value is -1.30. The molecule has 0 aliphatic heterocycles. The summed E-state index contributed by atoms with van der Waals surface area (Å²) < 4.78 is 0. The second-order valence-electron chi connectivity index (χ2n) is 4.14. The van der Waals surface area contributed by atoms with Gasteiger partial charge in [0.25, 0.3) is 0 Å². The lowest BCUT2D eigenvalue weighted by Crippen LogP contribution is -1.97. The highest BCUT2D eigenvalue weighted by atomic mass is 14.3. The van der Waals surface area contributed by atoms with Crippen LogP contribution in [0.4, 0.5) is 0 Å². The molecule has 0 spiro atoms. The van der Waals surface area contributed by atoms with Crippen LogP contribution >= 0.6 is 0 Å². The molecule has 0 nitrogen and oxygen atoms in total. The summed E-state index contributed by atoms with van der Waals surface area (Å²) in [5.74, 6) is 0.469. The van der Waals surface area contributed by atoms with Crippen LogP contribution in [0, 0.1) is 0 Å². The van der Waals surface area contributed by atoms with Crippen LogP contribution in [0.15, 0.2) is 53.6 Å². The topological polar surface area (TPSA) is 0 Å². The van der Waals surface area contributed by atoms with Gasteiger partial charge in [-0.3, -0.25) is 0 Å². The van der Waals surface area contributed by atoms with E-state index in [1.54, 1.807) is 0 Å². The molecule has 1 aliphatic rings. The van der Waals surface area contributed by atoms with Gasteiger partial charge in [-0.25, -0.2) is 0 Å². The summed E-state index contributed by atoms with van der Waals surface area (Å²) in [7, 11) is 0. The molecule has 0 heterocycles. The maximum atomic E-state index is 4.17. The highest BCUT2D eigenvalue weighted by molar-refractivity contribution is 5.45. The van der Waals surface area contributed by atoms with Gasteiger partial charge in [0, 0.05) is 5.92 Å². The second kappa shape index (κ2) is 3.45. The zero-order valence-electron chi connectivity index (χ0n) is 8.88. The highest BCUT2D eigenvalue weighted by Gasteiger charge is 2.24. The molecule has 0 saturated heterocycles. The molecule has 0 bridgehead atoms. The summed E-state index contributed by atoms with van der Waals surface area (Å²) in [6.07, 6.45) is 1.07. The minimum absolute atomic E-state index is 0.469. The lowest BCUT2D eigenvalue weighted by molar-refractivity contribution is 0.954. The molecule has 14 heavy (non-hydrogen) atoms. The third kappa shape index (κ3) is 1.41. The minimum atomic E-state index is 0.469. The predicted octanol–water partition coefficient (Wildman–Crippen LogP) is 4.07. The fraction of sp³-hybridized carbons (Fsp3) is 0.286. The summed E-state index contributed by atoms with van der Waals surface area (Å²) in [4.78, 5) is 0. The zero-order valence-corrected chi connectivity index (χ0v) is 8.88. The average molecular weight is 184 g/mol. The first-order valence-electron chi connectivity index (χ1n) is 5.09. The Morgan fingerprint density at radius 3 is 2.29 bits per heavy atom. The zero-order chi connectivity index (χ0) is 10.1. The van der Waals surface area contributed by atoms with Crippen LogP contribution in [-0.4, -0.2) is 0 Å². The first kappa shape index (κ1) is 9.26. The van der Waals surface area contributed by atoms with Crippen molar-refractivity contribution in [1.29, 1.82) is 0 Å². The Bertz CT molecular complexity index is 382. The van der Waals surface area contributed by atoms with Gasteiger partial charge in [0.2, 0.25) is 0 Å². The molecular weight excluding hydrogens is 168 g/mol. The molecule has 2 rings (SSSR count). The monoisotopic (exact) mass is 184 g/mol. The largest absolute Gasteiger partial charge is 0.0986 e. The Morgan fingerprint density at radius 1 is 1.14 bits per heavy atom. The van der Waals surface area contributed by atoms with Gasteiger partial charge in [-0.1, -0.05) is 53.6 Å². The fourth-order valence-electron chi connectivity index (χ4n) is 2.27. The Balaban J connectivity index is 2.41. The number of rotatable bonds is 1. The third-order valence-electron chi connectivity index (χ3n) is 3.14. The molecule has 1 aromatic carbocycles. The summed E-state index contributed by atoms with van der Waals surface area (Å²) in [6.45, 7) is 8.61. The van der Waals surface area contributed by atoms with E-state index in [2.05, 4.69) is 50.8 Å². The summed E-state index contributed by atoms with van der Waals surface area (Å²) in [5.41, 5.74) is 5.70. The molecule has 0 N–H and O–H groups in total. The third-order valence-corrected chi connectivity index (χ3v) is 3.14. The normalized spacial score (nSPS) is 21.9. The smallest absolute Gasteiger partial charge is 0.0258 e. The quantitative estimate of drug-likeness (QED) is 0.577. The number of hydrogen-bond donors (Lipinski definition) is 0. The molecule has 0 fully saturated rings. The lowest BCUT2D eigenvalue weighted by Gasteiger charge is -2.14. The van der Waals surface area contributed by atoms with Crippen molar-refractivity contribution in [3.8, 4) is 0 Å². The van der Waals surface area contributed by atoms with E-state index >= 15 is 0 Å². The number of benzene rings is 1. The van der Waals surface area contributed by atoms with E-state index in [9.17, 15) is 0 Å². The molecule has 0 radical (unpaired) electrons. The molecule has 0 amide bonds. The van der Waals surface area contributed by atoms with Crippen molar-refractivity contribution in [3.05, 3.63) is 59.2 Å². The average Bonchev–Trinajstić information content (AvgIpc) is 2.43. The molecule has 1 aromatic rings. The number of hydrogen-bond acceptors (Lipinski definition) is 0. The highest BCUT2D eigenvalue weighted by Crippen LogP contribution is 2.41. The maximum Gasteiger partial charge on any atom is 0.0258 e. The molecule has 1 atom stereocenters. The van der Waals surface area contributed by atoms with E-state index in [1.165, 1.54) is 22.3 Å². The van der Waals surface area contributed by atoms with Gasteiger partial charge in [-0.2, -0.15) is 0 Å². The van der Waals surface area contributed by atoms with Crippen molar-refractivity contribution < 1.29 is 0 Å². The van der Waals surface area contributed by atoms with Gasteiger partial charge in [0.05, 0.1) is 0 Å². The SMILES string of the molecule is C=C1CC(C)=C(C)C1c1ccccc1. The minimum Gasteiger partial charge on any atom is -0.0986 e. The van der Waals surface area contributed by atoms with Crippen molar-refractivity contribution in [2.24, 2.45) is 0 Å². The van der Waals surface area contributed by atoms with Crippen molar-refractivity contribution in [1.82, 2.24) is 0 Å². The molecule has 72 valence electrons. The van der Waals surface area contributed by atoms with E-state index in [4.69, 9.17) is 0 Å². The van der Waals surface area contributed by atoms with E-state index in [0.29, 0.717) is 5.92 Å². The molecule has 1 unspecified atom stereocenters. The van der Waals surface area contributed by atoms with E-state index in [1.807, 2.05) is 0 Å². The van der Waals surface area contributed by atoms with Crippen molar-refractivity contribution in [2.75, 3.05) is 0 Å². The van der Waals surface area contributed by atoms with Crippen LogP contribution in [0.5, 0.6) is 0 Å². The fourth-order valence-corrected chi connectivity index (χ4v) is 2.27. The van der Waals surface area contributed by atoms with Crippen LogP contribution in [0.1, 0.15) is 31.7 Å². The summed E-state index contributed by atoms with van der Waals surface area (Å²) in [6, 6.07) is 10.6. The van der Waals surface area contributed by atoms with Crippen LogP contribution < -0.4 is 0 Å². The van der Waals surface area contributed by atoms with Gasteiger partial charge in [-0.15, -0.1) is 0 Å². The van der Waals surface area contributed by atoms with Gasteiger partial charge in [0.1, 0.15) is 0 Å².